The van der Waals surface area contributed by atoms with Gasteiger partial charge in [-0.15, -0.1) is 11.3 Å². The number of likely N-dealkylation sites (tertiary alicyclic amines) is 1. The minimum atomic E-state index is -0.418. The van der Waals surface area contributed by atoms with E-state index in [0.717, 1.165) is 35.7 Å². The molecule has 5 heteroatoms. The smallest absolute Gasteiger partial charge is 0.264 e. The summed E-state index contributed by atoms with van der Waals surface area (Å²) in [4.78, 5) is 18.6. The van der Waals surface area contributed by atoms with Crippen LogP contribution in [-0.4, -0.2) is 59.1 Å². The number of likely N-dealkylation sites (N-methyl/N-ethyl adjacent to an activating group) is 1. The molecule has 1 amide bonds. The molecule has 3 rings (SSSR count). The fourth-order valence-corrected chi connectivity index (χ4v) is 4.56. The third-order valence-corrected chi connectivity index (χ3v) is 5.91. The van der Waals surface area contributed by atoms with Gasteiger partial charge in [-0.05, 0) is 57.8 Å². The SMILES string of the molecule is Cc1ccc(C(=O)N(C)[C@@H]2CC[C@@H](N3CCCC3)[C@@H]2O)s1. The van der Waals surface area contributed by atoms with Crippen molar-refractivity contribution in [2.45, 2.75) is 50.8 Å². The Bertz CT molecular complexity index is 510. The average Bonchev–Trinajstić information content (AvgIpc) is 3.17. The molecule has 1 saturated carbocycles. The third-order valence-electron chi connectivity index (χ3n) is 4.93. The van der Waals surface area contributed by atoms with Gasteiger partial charge in [0.05, 0.1) is 17.0 Å². The summed E-state index contributed by atoms with van der Waals surface area (Å²) in [6, 6.07) is 4.05. The zero-order chi connectivity index (χ0) is 15.0. The fourth-order valence-electron chi connectivity index (χ4n) is 3.71. The predicted molar refractivity (Wildman–Crippen MR) is 84.8 cm³/mol. The van der Waals surface area contributed by atoms with Crippen LogP contribution in [0.5, 0.6) is 0 Å². The van der Waals surface area contributed by atoms with Crippen molar-refractivity contribution in [1.29, 1.82) is 0 Å². The molecule has 0 bridgehead atoms. The highest BCUT2D eigenvalue weighted by Crippen LogP contribution is 2.31. The van der Waals surface area contributed by atoms with E-state index in [1.54, 1.807) is 4.90 Å². The highest BCUT2D eigenvalue weighted by atomic mass is 32.1. The molecule has 1 saturated heterocycles. The molecular weight excluding hydrogens is 284 g/mol. The fraction of sp³-hybridized carbons (Fsp3) is 0.688. The van der Waals surface area contributed by atoms with Gasteiger partial charge in [0.2, 0.25) is 0 Å². The Hall–Kier alpha value is -0.910. The van der Waals surface area contributed by atoms with E-state index in [2.05, 4.69) is 4.90 Å². The normalized spacial score (nSPS) is 30.0. The maximum absolute atomic E-state index is 12.5. The minimum Gasteiger partial charge on any atom is -0.389 e. The first kappa shape index (κ1) is 15.0. The molecule has 2 aliphatic rings. The van der Waals surface area contributed by atoms with E-state index in [4.69, 9.17) is 0 Å². The number of aryl methyl sites for hydroxylation is 1. The molecular formula is C16H24N2O2S. The number of thiophene rings is 1. The summed E-state index contributed by atoms with van der Waals surface area (Å²) < 4.78 is 0. The lowest BCUT2D eigenvalue weighted by Gasteiger charge is -2.31. The average molecular weight is 308 g/mol. The third kappa shape index (κ3) is 2.87. The molecule has 3 atom stereocenters. The van der Waals surface area contributed by atoms with Crippen molar-refractivity contribution >= 4 is 17.2 Å². The Morgan fingerprint density at radius 1 is 1.33 bits per heavy atom. The summed E-state index contributed by atoms with van der Waals surface area (Å²) in [6.07, 6.45) is 3.94. The maximum Gasteiger partial charge on any atom is 0.264 e. The van der Waals surface area contributed by atoms with Crippen molar-refractivity contribution in [3.63, 3.8) is 0 Å². The van der Waals surface area contributed by atoms with Gasteiger partial charge in [-0.25, -0.2) is 0 Å². The Labute approximate surface area is 130 Å². The summed E-state index contributed by atoms with van der Waals surface area (Å²) >= 11 is 1.53. The van der Waals surface area contributed by atoms with Crippen LogP contribution in [0.4, 0.5) is 0 Å². The summed E-state index contributed by atoms with van der Waals surface area (Å²) in [6.45, 7) is 4.20. The second kappa shape index (κ2) is 6.07. The van der Waals surface area contributed by atoms with Crippen molar-refractivity contribution in [2.75, 3.05) is 20.1 Å². The lowest BCUT2D eigenvalue weighted by Crippen LogP contribution is -2.48. The number of hydrogen-bond donors (Lipinski definition) is 1. The van der Waals surface area contributed by atoms with Gasteiger partial charge < -0.3 is 10.0 Å². The zero-order valence-electron chi connectivity index (χ0n) is 12.8. The lowest BCUT2D eigenvalue weighted by atomic mass is 10.1. The van der Waals surface area contributed by atoms with Gasteiger partial charge in [-0.3, -0.25) is 9.69 Å². The Kier molecular flexibility index (Phi) is 4.33. The van der Waals surface area contributed by atoms with E-state index >= 15 is 0 Å². The van der Waals surface area contributed by atoms with E-state index in [1.807, 2.05) is 26.1 Å². The first-order valence-corrected chi connectivity index (χ1v) is 8.65. The number of nitrogens with zero attached hydrogens (tertiary/aromatic N) is 2. The molecule has 1 aromatic rings. The first-order valence-electron chi connectivity index (χ1n) is 7.83. The number of amides is 1. The van der Waals surface area contributed by atoms with Gasteiger partial charge in [0.25, 0.3) is 5.91 Å². The number of rotatable bonds is 3. The standard InChI is InChI=1S/C16H24N2O2S/c1-11-5-8-14(21-11)16(20)17(2)12-6-7-13(15(12)19)18-9-3-4-10-18/h5,8,12-13,15,19H,3-4,6-7,9-10H2,1-2H3/t12-,13-,15-/m1/s1. The monoisotopic (exact) mass is 308 g/mol. The molecule has 0 radical (unpaired) electrons. The highest BCUT2D eigenvalue weighted by molar-refractivity contribution is 7.13. The Morgan fingerprint density at radius 2 is 2.05 bits per heavy atom. The molecule has 1 N–H and O–H groups in total. The molecule has 116 valence electrons. The van der Waals surface area contributed by atoms with E-state index in [-0.39, 0.29) is 18.0 Å². The Morgan fingerprint density at radius 3 is 2.67 bits per heavy atom. The van der Waals surface area contributed by atoms with Crippen LogP contribution in [0.25, 0.3) is 0 Å². The zero-order valence-corrected chi connectivity index (χ0v) is 13.6. The maximum atomic E-state index is 12.5. The van der Waals surface area contributed by atoms with Gasteiger partial charge >= 0.3 is 0 Å². The van der Waals surface area contributed by atoms with Gasteiger partial charge in [0.1, 0.15) is 0 Å². The van der Waals surface area contributed by atoms with E-state index in [9.17, 15) is 9.90 Å². The molecule has 0 spiro atoms. The van der Waals surface area contributed by atoms with Gasteiger partial charge in [-0.1, -0.05) is 0 Å². The topological polar surface area (TPSA) is 43.8 Å². The molecule has 1 aliphatic carbocycles. The van der Waals surface area contributed by atoms with E-state index in [0.29, 0.717) is 0 Å². The van der Waals surface area contributed by atoms with Gasteiger partial charge in [0.15, 0.2) is 0 Å². The number of aliphatic hydroxyl groups excluding tert-OH is 1. The van der Waals surface area contributed by atoms with Crippen LogP contribution in [0.15, 0.2) is 12.1 Å². The summed E-state index contributed by atoms with van der Waals surface area (Å²) in [5.41, 5.74) is 0. The second-order valence-corrected chi connectivity index (χ2v) is 7.56. The summed E-state index contributed by atoms with van der Waals surface area (Å²) in [5.74, 6) is 0.0409. The number of carbonyl (C=O) groups excluding carboxylic acids is 1. The first-order chi connectivity index (χ1) is 10.1. The van der Waals surface area contributed by atoms with Gasteiger partial charge in [-0.2, -0.15) is 0 Å². The number of hydrogen-bond acceptors (Lipinski definition) is 4. The molecule has 21 heavy (non-hydrogen) atoms. The van der Waals surface area contributed by atoms with Crippen molar-refractivity contribution in [2.24, 2.45) is 0 Å². The van der Waals surface area contributed by atoms with Crippen LogP contribution in [0.1, 0.15) is 40.2 Å². The molecule has 0 aromatic carbocycles. The summed E-state index contributed by atoms with van der Waals surface area (Å²) in [7, 11) is 1.83. The second-order valence-electron chi connectivity index (χ2n) is 6.27. The molecule has 4 nitrogen and oxygen atoms in total. The Balaban J connectivity index is 1.67. The minimum absolute atomic E-state index is 0.0409. The molecule has 0 unspecified atom stereocenters. The lowest BCUT2D eigenvalue weighted by molar-refractivity contribution is 0.0298. The van der Waals surface area contributed by atoms with Crippen LogP contribution in [0.3, 0.4) is 0 Å². The van der Waals surface area contributed by atoms with Crippen LogP contribution >= 0.6 is 11.3 Å². The van der Waals surface area contributed by atoms with Gasteiger partial charge in [0, 0.05) is 18.0 Å². The van der Waals surface area contributed by atoms with Crippen molar-refractivity contribution in [3.05, 3.63) is 21.9 Å². The van der Waals surface area contributed by atoms with E-state index < -0.39 is 6.10 Å². The number of carbonyl (C=O) groups is 1. The summed E-state index contributed by atoms with van der Waals surface area (Å²) in [5, 5.41) is 10.6. The van der Waals surface area contributed by atoms with Crippen LogP contribution in [0, 0.1) is 6.92 Å². The van der Waals surface area contributed by atoms with Crippen molar-refractivity contribution < 1.29 is 9.90 Å². The quantitative estimate of drug-likeness (QED) is 0.930. The van der Waals surface area contributed by atoms with Crippen LogP contribution in [-0.2, 0) is 0 Å². The molecule has 1 aliphatic heterocycles. The van der Waals surface area contributed by atoms with Crippen LogP contribution in [0.2, 0.25) is 0 Å². The predicted octanol–water partition coefficient (Wildman–Crippen LogP) is 2.12. The largest absolute Gasteiger partial charge is 0.389 e. The molecule has 2 heterocycles. The molecule has 2 fully saturated rings. The van der Waals surface area contributed by atoms with Crippen LogP contribution < -0.4 is 0 Å². The van der Waals surface area contributed by atoms with Crippen molar-refractivity contribution in [3.8, 4) is 0 Å². The van der Waals surface area contributed by atoms with E-state index in [1.165, 1.54) is 24.2 Å². The van der Waals surface area contributed by atoms with Crippen molar-refractivity contribution in [1.82, 2.24) is 9.80 Å². The molecule has 1 aromatic heterocycles. The highest BCUT2D eigenvalue weighted by Gasteiger charge is 2.42. The number of aliphatic hydroxyl groups is 1.